The number of aliphatic imine (C=N–C) groups is 1. The van der Waals surface area contributed by atoms with Crippen molar-refractivity contribution in [1.82, 2.24) is 0 Å². The van der Waals surface area contributed by atoms with E-state index < -0.39 is 5.97 Å². The number of hydrogen-bond donors (Lipinski definition) is 3. The highest BCUT2D eigenvalue weighted by Crippen LogP contribution is 2.45. The zero-order valence-electron chi connectivity index (χ0n) is 16.2. The molecule has 0 aromatic heterocycles. The number of nitrogens with two attached hydrogens (primary N) is 1. The topological polar surface area (TPSA) is 95.9 Å². The second kappa shape index (κ2) is 6.41. The molecule has 1 aliphatic rings. The van der Waals surface area contributed by atoms with Gasteiger partial charge in [-0.3, -0.25) is 0 Å². The van der Waals surface area contributed by atoms with E-state index in [-0.39, 0.29) is 22.1 Å². The zero-order chi connectivity index (χ0) is 20.0. The molecule has 0 radical (unpaired) electrons. The summed E-state index contributed by atoms with van der Waals surface area (Å²) in [6, 6.07) is 10.4. The van der Waals surface area contributed by atoms with Crippen LogP contribution in [0.3, 0.4) is 0 Å². The molecule has 0 fully saturated rings. The molecule has 0 atom stereocenters. The van der Waals surface area contributed by atoms with Crippen molar-refractivity contribution >= 4 is 17.5 Å². The van der Waals surface area contributed by atoms with Crippen molar-refractivity contribution in [3.63, 3.8) is 0 Å². The molecule has 2 aromatic rings. The number of phenols is 1. The van der Waals surface area contributed by atoms with Gasteiger partial charge < -0.3 is 15.9 Å². The normalized spacial score (nSPS) is 18.0. The van der Waals surface area contributed by atoms with E-state index in [1.54, 1.807) is 0 Å². The Hall–Kier alpha value is -2.82. The molecule has 142 valence electrons. The summed E-state index contributed by atoms with van der Waals surface area (Å²) in [7, 11) is 0. The van der Waals surface area contributed by atoms with Crippen molar-refractivity contribution in [2.24, 2.45) is 10.7 Å². The van der Waals surface area contributed by atoms with E-state index in [1.807, 2.05) is 6.07 Å². The molecule has 0 saturated heterocycles. The third-order valence-corrected chi connectivity index (χ3v) is 5.61. The van der Waals surface area contributed by atoms with Crippen LogP contribution in [0.15, 0.2) is 41.4 Å². The van der Waals surface area contributed by atoms with Gasteiger partial charge in [0.25, 0.3) is 0 Å². The van der Waals surface area contributed by atoms with Gasteiger partial charge in [-0.1, -0.05) is 39.8 Å². The van der Waals surface area contributed by atoms with E-state index in [4.69, 9.17) is 10.8 Å². The summed E-state index contributed by atoms with van der Waals surface area (Å²) in [5.74, 6) is -1.18. The fourth-order valence-corrected chi connectivity index (χ4v) is 3.72. The minimum atomic E-state index is -1.18. The Morgan fingerprint density at radius 1 is 1.00 bits per heavy atom. The van der Waals surface area contributed by atoms with Crippen LogP contribution < -0.4 is 5.73 Å². The van der Waals surface area contributed by atoms with Crippen LogP contribution in [0.1, 0.15) is 67.6 Å². The maximum atomic E-state index is 11.0. The van der Waals surface area contributed by atoms with Crippen LogP contribution in [-0.4, -0.2) is 22.0 Å². The first-order chi connectivity index (χ1) is 12.5. The molecular weight excluding hydrogens is 340 g/mol. The van der Waals surface area contributed by atoms with Gasteiger partial charge in [0.2, 0.25) is 0 Å². The summed E-state index contributed by atoms with van der Waals surface area (Å²) in [4.78, 5) is 15.4. The van der Waals surface area contributed by atoms with E-state index in [9.17, 15) is 9.90 Å². The quantitative estimate of drug-likeness (QED) is 0.551. The van der Waals surface area contributed by atoms with E-state index in [1.165, 1.54) is 29.3 Å². The van der Waals surface area contributed by atoms with Gasteiger partial charge in [-0.25, -0.2) is 9.79 Å². The first-order valence-electron chi connectivity index (χ1n) is 9.07. The zero-order valence-corrected chi connectivity index (χ0v) is 16.2. The second-order valence-electron chi connectivity index (χ2n) is 8.53. The molecule has 0 amide bonds. The molecule has 2 aromatic carbocycles. The number of fused-ring (bicyclic) bond motifs is 1. The number of rotatable bonds is 3. The standard InChI is InChI=1S/C22H26N2O3/c1-21(2)9-10-22(3,4)17-11-13(5-8-16(17)21)19(23)24-14-6-7-15(20(26)27)18(25)12-14/h5-8,11-12,25H,9-10H2,1-4H3,(H2,23,24)(H,26,27). The number of aromatic carboxylic acids is 1. The summed E-state index contributed by atoms with van der Waals surface area (Å²) in [6.07, 6.45) is 2.25. The number of benzene rings is 2. The molecule has 0 bridgehead atoms. The Labute approximate surface area is 159 Å². The Morgan fingerprint density at radius 3 is 2.22 bits per heavy atom. The van der Waals surface area contributed by atoms with E-state index in [0.29, 0.717) is 11.5 Å². The molecule has 0 heterocycles. The molecule has 0 saturated carbocycles. The van der Waals surface area contributed by atoms with E-state index >= 15 is 0 Å². The lowest BCUT2D eigenvalue weighted by Gasteiger charge is -2.42. The average molecular weight is 366 g/mol. The second-order valence-corrected chi connectivity index (χ2v) is 8.53. The van der Waals surface area contributed by atoms with Crippen LogP contribution in [0.4, 0.5) is 5.69 Å². The van der Waals surface area contributed by atoms with Crippen molar-refractivity contribution in [1.29, 1.82) is 0 Å². The SMILES string of the molecule is CC1(C)CCC(C)(C)c2cc(C(N)=Nc3ccc(C(=O)O)c(O)c3)ccc21. The number of hydrogen-bond acceptors (Lipinski definition) is 3. The van der Waals surface area contributed by atoms with Gasteiger partial charge in [0.1, 0.15) is 17.1 Å². The summed E-state index contributed by atoms with van der Waals surface area (Å²) in [5.41, 5.74) is 10.1. The maximum absolute atomic E-state index is 11.0. The Bertz CT molecular complexity index is 943. The first-order valence-corrected chi connectivity index (χ1v) is 9.07. The fourth-order valence-electron chi connectivity index (χ4n) is 3.72. The summed E-state index contributed by atoms with van der Waals surface area (Å²) >= 11 is 0. The van der Waals surface area contributed by atoms with Crippen LogP contribution in [0, 0.1) is 0 Å². The number of aromatic hydroxyl groups is 1. The Morgan fingerprint density at radius 2 is 1.63 bits per heavy atom. The first kappa shape index (κ1) is 19.0. The van der Waals surface area contributed by atoms with Gasteiger partial charge in [0.05, 0.1) is 5.69 Å². The molecule has 3 rings (SSSR count). The van der Waals surface area contributed by atoms with Gasteiger partial charge >= 0.3 is 5.97 Å². The third-order valence-electron chi connectivity index (χ3n) is 5.61. The lowest BCUT2D eigenvalue weighted by atomic mass is 9.63. The number of carboxylic acids is 1. The molecule has 0 aliphatic heterocycles. The minimum absolute atomic E-state index is 0.0720. The van der Waals surface area contributed by atoms with Gasteiger partial charge in [0, 0.05) is 11.6 Å². The number of carboxylic acid groups (broad SMARTS) is 1. The number of nitrogens with zero attached hydrogens (tertiary/aromatic N) is 1. The van der Waals surface area contributed by atoms with Crippen LogP contribution in [0.2, 0.25) is 0 Å². The molecule has 27 heavy (non-hydrogen) atoms. The highest BCUT2D eigenvalue weighted by molar-refractivity contribution is 5.99. The van der Waals surface area contributed by atoms with Crippen molar-refractivity contribution in [2.45, 2.75) is 51.4 Å². The van der Waals surface area contributed by atoms with Gasteiger partial charge in [-0.2, -0.15) is 0 Å². The van der Waals surface area contributed by atoms with Crippen molar-refractivity contribution in [3.8, 4) is 5.75 Å². The molecule has 5 nitrogen and oxygen atoms in total. The van der Waals surface area contributed by atoms with Gasteiger partial charge in [-0.05, 0) is 53.0 Å². The van der Waals surface area contributed by atoms with Crippen LogP contribution >= 0.6 is 0 Å². The fraction of sp³-hybridized carbons (Fsp3) is 0.364. The third kappa shape index (κ3) is 3.54. The van der Waals surface area contributed by atoms with E-state index in [0.717, 1.165) is 18.4 Å². The average Bonchev–Trinajstić information content (AvgIpc) is 2.58. The predicted molar refractivity (Wildman–Crippen MR) is 107 cm³/mol. The number of carbonyl (C=O) groups is 1. The van der Waals surface area contributed by atoms with E-state index in [2.05, 4.69) is 44.8 Å². The molecular formula is C22H26N2O3. The minimum Gasteiger partial charge on any atom is -0.507 e. The lowest BCUT2D eigenvalue weighted by molar-refractivity contribution is 0.0694. The van der Waals surface area contributed by atoms with Crippen LogP contribution in [0.25, 0.3) is 0 Å². The molecule has 0 spiro atoms. The molecule has 4 N–H and O–H groups in total. The Kier molecular flexibility index (Phi) is 4.50. The number of amidine groups is 1. The monoisotopic (exact) mass is 366 g/mol. The molecule has 0 unspecified atom stereocenters. The summed E-state index contributed by atoms with van der Waals surface area (Å²) in [5, 5.41) is 18.8. The maximum Gasteiger partial charge on any atom is 0.339 e. The van der Waals surface area contributed by atoms with Gasteiger partial charge in [-0.15, -0.1) is 0 Å². The summed E-state index contributed by atoms with van der Waals surface area (Å²) < 4.78 is 0. The van der Waals surface area contributed by atoms with Crippen LogP contribution in [-0.2, 0) is 10.8 Å². The smallest absolute Gasteiger partial charge is 0.339 e. The summed E-state index contributed by atoms with van der Waals surface area (Å²) in [6.45, 7) is 9.04. The van der Waals surface area contributed by atoms with Crippen LogP contribution in [0.5, 0.6) is 5.75 Å². The molecule has 5 heteroatoms. The predicted octanol–water partition coefficient (Wildman–Crippen LogP) is 4.48. The van der Waals surface area contributed by atoms with Crippen molar-refractivity contribution in [3.05, 3.63) is 58.7 Å². The highest BCUT2D eigenvalue weighted by atomic mass is 16.4. The lowest BCUT2D eigenvalue weighted by Crippen LogP contribution is -2.34. The highest BCUT2D eigenvalue weighted by Gasteiger charge is 2.37. The Balaban J connectivity index is 2.01. The van der Waals surface area contributed by atoms with Crippen molar-refractivity contribution in [2.75, 3.05) is 0 Å². The van der Waals surface area contributed by atoms with Gasteiger partial charge in [0.15, 0.2) is 0 Å². The largest absolute Gasteiger partial charge is 0.507 e. The molecule has 1 aliphatic carbocycles. The van der Waals surface area contributed by atoms with Crippen molar-refractivity contribution < 1.29 is 15.0 Å².